The van der Waals surface area contributed by atoms with E-state index in [0.29, 0.717) is 15.6 Å². The summed E-state index contributed by atoms with van der Waals surface area (Å²) in [6, 6.07) is 11.1. The van der Waals surface area contributed by atoms with Gasteiger partial charge in [-0.25, -0.2) is 5.43 Å². The molecular weight excluding hydrogens is 385 g/mol. The van der Waals surface area contributed by atoms with Gasteiger partial charge in [-0.3, -0.25) is 14.9 Å². The van der Waals surface area contributed by atoms with E-state index >= 15 is 0 Å². The molecule has 0 radical (unpaired) electrons. The van der Waals surface area contributed by atoms with E-state index in [1.54, 1.807) is 19.1 Å². The number of non-ortho nitro benzene ring substituents is 1. The zero-order valence-electron chi connectivity index (χ0n) is 13.0. The third kappa shape index (κ3) is 5.74. The Hall–Kier alpha value is -2.09. The molecule has 2 aromatic rings. The van der Waals surface area contributed by atoms with Crippen LogP contribution in [0.5, 0.6) is 0 Å². The molecule has 0 fully saturated rings. The molecule has 0 heterocycles. The smallest absolute Gasteiger partial charge is 0.270 e. The molecule has 0 bridgehead atoms. The number of rotatable bonds is 6. The van der Waals surface area contributed by atoms with Crippen LogP contribution in [0.1, 0.15) is 12.5 Å². The van der Waals surface area contributed by atoms with Crippen molar-refractivity contribution < 1.29 is 9.72 Å². The summed E-state index contributed by atoms with van der Waals surface area (Å²) in [6.07, 6.45) is 1.27. The summed E-state index contributed by atoms with van der Waals surface area (Å²) in [5.41, 5.74) is 2.63. The van der Waals surface area contributed by atoms with Gasteiger partial charge in [-0.2, -0.15) is 5.10 Å². The van der Waals surface area contributed by atoms with Gasteiger partial charge in [0.05, 0.1) is 16.4 Å². The second-order valence-corrected chi connectivity index (χ2v) is 7.17. The third-order valence-corrected chi connectivity index (χ3v) is 4.77. The predicted molar refractivity (Wildman–Crippen MR) is 101 cm³/mol. The number of nitro benzene ring substituents is 1. The molecule has 1 amide bonds. The highest BCUT2D eigenvalue weighted by Crippen LogP contribution is 2.25. The molecule has 25 heavy (non-hydrogen) atoms. The molecule has 6 nitrogen and oxygen atoms in total. The normalized spacial score (nSPS) is 12.1. The first-order valence-corrected chi connectivity index (χ1v) is 8.69. The monoisotopic (exact) mass is 397 g/mol. The van der Waals surface area contributed by atoms with Crippen molar-refractivity contribution in [1.29, 1.82) is 0 Å². The summed E-state index contributed by atoms with van der Waals surface area (Å²) in [6.45, 7) is 1.74. The van der Waals surface area contributed by atoms with E-state index in [4.69, 9.17) is 23.2 Å². The van der Waals surface area contributed by atoms with E-state index in [1.165, 1.54) is 36.2 Å². The number of halogens is 2. The lowest BCUT2D eigenvalue weighted by atomic mass is 10.2. The Morgan fingerprint density at radius 3 is 2.60 bits per heavy atom. The number of hydrogen-bond acceptors (Lipinski definition) is 5. The zero-order chi connectivity index (χ0) is 18.4. The first-order valence-electron chi connectivity index (χ1n) is 7.06. The van der Waals surface area contributed by atoms with Crippen LogP contribution in [0.2, 0.25) is 10.0 Å². The van der Waals surface area contributed by atoms with Crippen LogP contribution in [0, 0.1) is 10.1 Å². The number of nitrogens with zero attached hydrogens (tertiary/aromatic N) is 2. The van der Waals surface area contributed by atoms with Gasteiger partial charge in [-0.05, 0) is 37.3 Å². The largest absolute Gasteiger partial charge is 0.272 e. The molecule has 0 saturated carbocycles. The Bertz CT molecular complexity index is 813. The van der Waals surface area contributed by atoms with Crippen LogP contribution in [-0.2, 0) is 4.79 Å². The zero-order valence-corrected chi connectivity index (χ0v) is 15.3. The molecule has 9 heteroatoms. The number of benzene rings is 2. The van der Waals surface area contributed by atoms with Gasteiger partial charge in [-0.15, -0.1) is 11.8 Å². The van der Waals surface area contributed by atoms with Crippen molar-refractivity contribution in [1.82, 2.24) is 5.43 Å². The maximum Gasteiger partial charge on any atom is 0.270 e. The summed E-state index contributed by atoms with van der Waals surface area (Å²) in [5.74, 6) is -0.308. The summed E-state index contributed by atoms with van der Waals surface area (Å²) in [7, 11) is 0. The summed E-state index contributed by atoms with van der Waals surface area (Å²) < 4.78 is 0. The maximum atomic E-state index is 12.1. The second kappa shape index (κ2) is 8.84. The lowest BCUT2D eigenvalue weighted by molar-refractivity contribution is -0.384. The summed E-state index contributed by atoms with van der Waals surface area (Å²) in [4.78, 5) is 23.2. The van der Waals surface area contributed by atoms with Crippen LogP contribution >= 0.6 is 35.0 Å². The summed E-state index contributed by atoms with van der Waals surface area (Å²) in [5, 5.41) is 15.1. The van der Waals surface area contributed by atoms with Gasteiger partial charge in [-0.1, -0.05) is 23.2 Å². The van der Waals surface area contributed by atoms with Crippen molar-refractivity contribution in [3.8, 4) is 0 Å². The van der Waals surface area contributed by atoms with Gasteiger partial charge in [0.15, 0.2) is 0 Å². The maximum absolute atomic E-state index is 12.1. The van der Waals surface area contributed by atoms with Crippen LogP contribution in [0.4, 0.5) is 5.69 Å². The molecule has 0 spiro atoms. The SMILES string of the molecule is C[C@@H](Sc1ccc(Cl)cc1)C(=O)N/N=C\c1cc([N+](=O)[O-])ccc1Cl. The van der Waals surface area contributed by atoms with E-state index in [9.17, 15) is 14.9 Å². The molecule has 1 atom stereocenters. The first kappa shape index (κ1) is 19.2. The molecule has 0 aliphatic heterocycles. The lowest BCUT2D eigenvalue weighted by Gasteiger charge is -2.09. The fourth-order valence-electron chi connectivity index (χ4n) is 1.77. The molecule has 0 unspecified atom stereocenters. The van der Waals surface area contributed by atoms with E-state index < -0.39 is 4.92 Å². The third-order valence-electron chi connectivity index (χ3n) is 3.06. The molecule has 0 saturated heterocycles. The van der Waals surface area contributed by atoms with Crippen molar-refractivity contribution in [3.05, 3.63) is 68.2 Å². The van der Waals surface area contributed by atoms with Gasteiger partial charge in [0.1, 0.15) is 0 Å². The second-order valence-electron chi connectivity index (χ2n) is 4.91. The number of nitrogens with one attached hydrogen (secondary N) is 1. The molecule has 130 valence electrons. The average molecular weight is 398 g/mol. The van der Waals surface area contributed by atoms with Gasteiger partial charge >= 0.3 is 0 Å². The van der Waals surface area contributed by atoms with Crippen molar-refractivity contribution >= 4 is 52.8 Å². The molecule has 1 N–H and O–H groups in total. The van der Waals surface area contributed by atoms with Gasteiger partial charge in [0, 0.05) is 32.6 Å². The quantitative estimate of drug-likeness (QED) is 0.335. The van der Waals surface area contributed by atoms with Crippen molar-refractivity contribution in [2.45, 2.75) is 17.1 Å². The minimum atomic E-state index is -0.531. The topological polar surface area (TPSA) is 84.6 Å². The van der Waals surface area contributed by atoms with Crippen molar-refractivity contribution in [2.24, 2.45) is 5.10 Å². The highest BCUT2D eigenvalue weighted by Gasteiger charge is 2.14. The standard InChI is InChI=1S/C16H13Cl2N3O3S/c1-10(25-14-5-2-12(17)3-6-14)16(22)20-19-9-11-8-13(21(23)24)4-7-15(11)18/h2-10H,1H3,(H,20,22)/b19-9-/t10-/m1/s1. The highest BCUT2D eigenvalue weighted by molar-refractivity contribution is 8.00. The van der Waals surface area contributed by atoms with Crippen LogP contribution in [0.3, 0.4) is 0 Å². The van der Waals surface area contributed by atoms with E-state index in [1.807, 2.05) is 12.1 Å². The fourth-order valence-corrected chi connectivity index (χ4v) is 2.92. The number of thioether (sulfide) groups is 1. The summed E-state index contributed by atoms with van der Waals surface area (Å²) >= 11 is 13.1. The van der Waals surface area contributed by atoms with E-state index in [0.717, 1.165) is 4.90 Å². The Morgan fingerprint density at radius 1 is 1.28 bits per heavy atom. The molecular formula is C16H13Cl2N3O3S. The first-order chi connectivity index (χ1) is 11.9. The van der Waals surface area contributed by atoms with Gasteiger partial charge < -0.3 is 0 Å². The Labute approximate surface area is 158 Å². The lowest BCUT2D eigenvalue weighted by Crippen LogP contribution is -2.26. The minimum Gasteiger partial charge on any atom is -0.272 e. The molecule has 0 aliphatic rings. The Kier molecular flexibility index (Phi) is 6.81. The number of nitro groups is 1. The van der Waals surface area contributed by atoms with Gasteiger partial charge in [0.2, 0.25) is 0 Å². The molecule has 2 aromatic carbocycles. The molecule has 0 aromatic heterocycles. The predicted octanol–water partition coefficient (Wildman–Crippen LogP) is 4.53. The average Bonchev–Trinajstić information content (AvgIpc) is 2.58. The molecule has 2 rings (SSSR count). The number of carbonyl (C=O) groups excluding carboxylic acids is 1. The van der Waals surface area contributed by atoms with E-state index in [2.05, 4.69) is 10.5 Å². The fraction of sp³-hybridized carbons (Fsp3) is 0.125. The van der Waals surface area contributed by atoms with Gasteiger partial charge in [0.25, 0.3) is 11.6 Å². The highest BCUT2D eigenvalue weighted by atomic mass is 35.5. The van der Waals surface area contributed by atoms with Crippen molar-refractivity contribution in [2.75, 3.05) is 0 Å². The van der Waals surface area contributed by atoms with Crippen LogP contribution < -0.4 is 5.43 Å². The van der Waals surface area contributed by atoms with Crippen LogP contribution in [0.25, 0.3) is 0 Å². The number of hydrogen-bond donors (Lipinski definition) is 1. The van der Waals surface area contributed by atoms with Crippen LogP contribution in [0.15, 0.2) is 52.5 Å². The van der Waals surface area contributed by atoms with Crippen LogP contribution in [-0.4, -0.2) is 22.3 Å². The van der Waals surface area contributed by atoms with Crippen molar-refractivity contribution in [3.63, 3.8) is 0 Å². The number of carbonyl (C=O) groups is 1. The Balaban J connectivity index is 1.96. The number of amides is 1. The Morgan fingerprint density at radius 2 is 1.96 bits per heavy atom. The van der Waals surface area contributed by atoms with E-state index in [-0.39, 0.29) is 16.8 Å². The number of hydrazone groups is 1. The minimum absolute atomic E-state index is 0.108. The molecule has 0 aliphatic carbocycles.